The molecular formula is C14H15N5O. The van der Waals surface area contributed by atoms with Gasteiger partial charge in [0.1, 0.15) is 0 Å². The van der Waals surface area contributed by atoms with Crippen molar-refractivity contribution < 1.29 is 4.42 Å². The minimum Gasteiger partial charge on any atom is -0.419 e. The molecule has 6 nitrogen and oxygen atoms in total. The normalized spacial score (nSPS) is 10.8. The van der Waals surface area contributed by atoms with Crippen molar-refractivity contribution in [3.8, 4) is 11.5 Å². The second-order valence-electron chi connectivity index (χ2n) is 4.45. The van der Waals surface area contributed by atoms with Crippen LogP contribution in [0, 0.1) is 0 Å². The molecule has 1 aromatic carbocycles. The molecule has 2 aromatic heterocycles. The summed E-state index contributed by atoms with van der Waals surface area (Å²) in [5, 5.41) is 15.6. The third kappa shape index (κ3) is 2.92. The van der Waals surface area contributed by atoms with Crippen LogP contribution in [0.1, 0.15) is 11.6 Å². The summed E-state index contributed by atoms with van der Waals surface area (Å²) in [7, 11) is 1.90. The first kappa shape index (κ1) is 12.6. The van der Waals surface area contributed by atoms with Gasteiger partial charge in [0.2, 0.25) is 11.8 Å². The van der Waals surface area contributed by atoms with E-state index in [0.29, 0.717) is 24.9 Å². The molecule has 3 rings (SSSR count). The molecule has 3 aromatic rings. The smallest absolute Gasteiger partial charge is 0.247 e. The Kier molecular flexibility index (Phi) is 3.56. The molecule has 0 bridgehead atoms. The van der Waals surface area contributed by atoms with Crippen LogP contribution >= 0.6 is 0 Å². The second kappa shape index (κ2) is 5.66. The van der Waals surface area contributed by atoms with Crippen LogP contribution in [0.5, 0.6) is 0 Å². The van der Waals surface area contributed by atoms with Gasteiger partial charge in [0.25, 0.3) is 0 Å². The maximum absolute atomic E-state index is 5.60. The Bertz CT molecular complexity index is 674. The Morgan fingerprint density at radius 1 is 1.10 bits per heavy atom. The summed E-state index contributed by atoms with van der Waals surface area (Å²) >= 11 is 0. The largest absolute Gasteiger partial charge is 0.419 e. The maximum atomic E-state index is 5.60. The van der Waals surface area contributed by atoms with E-state index in [2.05, 4.69) is 20.6 Å². The van der Waals surface area contributed by atoms with E-state index in [1.54, 1.807) is 4.68 Å². The highest BCUT2D eigenvalue weighted by molar-refractivity contribution is 5.51. The minimum absolute atomic E-state index is 0.524. The van der Waals surface area contributed by atoms with Crippen molar-refractivity contribution in [3.05, 3.63) is 54.2 Å². The molecule has 0 saturated heterocycles. The highest BCUT2D eigenvalue weighted by Gasteiger charge is 2.07. The van der Waals surface area contributed by atoms with Crippen molar-refractivity contribution in [1.29, 1.82) is 0 Å². The Hall–Kier alpha value is -2.47. The first-order valence-electron chi connectivity index (χ1n) is 6.38. The van der Waals surface area contributed by atoms with Gasteiger partial charge in [-0.05, 0) is 18.2 Å². The average molecular weight is 269 g/mol. The van der Waals surface area contributed by atoms with Crippen molar-refractivity contribution in [3.63, 3.8) is 0 Å². The maximum Gasteiger partial charge on any atom is 0.247 e. The number of rotatable bonds is 5. The fourth-order valence-corrected chi connectivity index (χ4v) is 1.88. The van der Waals surface area contributed by atoms with E-state index in [9.17, 15) is 0 Å². The molecule has 0 atom stereocenters. The van der Waals surface area contributed by atoms with E-state index < -0.39 is 0 Å². The fraction of sp³-hybridized carbons (Fsp3) is 0.214. The summed E-state index contributed by atoms with van der Waals surface area (Å²) in [6, 6.07) is 11.7. The molecule has 20 heavy (non-hydrogen) atoms. The van der Waals surface area contributed by atoms with Crippen LogP contribution in [0.2, 0.25) is 0 Å². The number of aryl methyl sites for hydroxylation is 1. The van der Waals surface area contributed by atoms with Crippen molar-refractivity contribution in [2.45, 2.75) is 13.1 Å². The van der Waals surface area contributed by atoms with Crippen LogP contribution in [0.3, 0.4) is 0 Å². The van der Waals surface area contributed by atoms with Crippen LogP contribution in [0.25, 0.3) is 11.5 Å². The zero-order valence-electron chi connectivity index (χ0n) is 11.2. The summed E-state index contributed by atoms with van der Waals surface area (Å²) < 4.78 is 7.38. The van der Waals surface area contributed by atoms with Crippen molar-refractivity contribution >= 4 is 0 Å². The Labute approximate surface area is 116 Å². The summed E-state index contributed by atoms with van der Waals surface area (Å²) in [5.74, 6) is 1.11. The fourth-order valence-electron chi connectivity index (χ4n) is 1.88. The molecule has 0 radical (unpaired) electrons. The van der Waals surface area contributed by atoms with Crippen molar-refractivity contribution in [1.82, 2.24) is 25.3 Å². The van der Waals surface area contributed by atoms with Gasteiger partial charge < -0.3 is 9.73 Å². The third-order valence-electron chi connectivity index (χ3n) is 2.84. The quantitative estimate of drug-likeness (QED) is 0.764. The lowest BCUT2D eigenvalue weighted by atomic mass is 10.2. The molecule has 2 heterocycles. The molecule has 1 N–H and O–H groups in total. The average Bonchev–Trinajstić information content (AvgIpc) is 3.09. The van der Waals surface area contributed by atoms with Crippen LogP contribution in [-0.2, 0) is 20.1 Å². The number of aromatic nitrogens is 4. The van der Waals surface area contributed by atoms with Crippen LogP contribution in [-0.4, -0.2) is 20.0 Å². The van der Waals surface area contributed by atoms with Gasteiger partial charge in [-0.3, -0.25) is 4.68 Å². The molecule has 0 aliphatic heterocycles. The lowest BCUT2D eigenvalue weighted by Gasteiger charge is -1.98. The third-order valence-corrected chi connectivity index (χ3v) is 2.84. The Balaban J connectivity index is 1.58. The lowest BCUT2D eigenvalue weighted by molar-refractivity contribution is 0.475. The van der Waals surface area contributed by atoms with E-state index in [0.717, 1.165) is 11.3 Å². The van der Waals surface area contributed by atoms with Crippen LogP contribution in [0.4, 0.5) is 0 Å². The topological polar surface area (TPSA) is 68.8 Å². The highest BCUT2D eigenvalue weighted by Crippen LogP contribution is 2.16. The SMILES string of the molecule is Cn1ccc(CNCc2nnc(-c3ccccc3)o2)n1. The summed E-state index contributed by atoms with van der Waals surface area (Å²) in [4.78, 5) is 0. The zero-order valence-corrected chi connectivity index (χ0v) is 11.2. The Morgan fingerprint density at radius 2 is 1.95 bits per heavy atom. The number of hydrogen-bond donors (Lipinski definition) is 1. The predicted octanol–water partition coefficient (Wildman–Crippen LogP) is 1.76. The standard InChI is InChI=1S/C14H15N5O/c1-19-8-7-12(18-19)9-15-10-13-16-17-14(20-13)11-5-3-2-4-6-11/h2-8,15H,9-10H2,1H3. The summed E-state index contributed by atoms with van der Waals surface area (Å²) in [6.07, 6.45) is 1.91. The molecule has 0 aliphatic rings. The second-order valence-corrected chi connectivity index (χ2v) is 4.45. The first-order chi connectivity index (χ1) is 9.81. The zero-order chi connectivity index (χ0) is 13.8. The lowest BCUT2D eigenvalue weighted by Crippen LogP contribution is -2.13. The van der Waals surface area contributed by atoms with Crippen molar-refractivity contribution in [2.24, 2.45) is 7.05 Å². The summed E-state index contributed by atoms with van der Waals surface area (Å²) in [6.45, 7) is 1.19. The minimum atomic E-state index is 0.524. The van der Waals surface area contributed by atoms with Gasteiger partial charge in [-0.15, -0.1) is 10.2 Å². The molecule has 0 fully saturated rings. The van der Waals surface area contributed by atoms with Gasteiger partial charge in [-0.2, -0.15) is 5.10 Å². The number of nitrogens with one attached hydrogen (secondary N) is 1. The number of hydrogen-bond acceptors (Lipinski definition) is 5. The van der Waals surface area contributed by atoms with Crippen molar-refractivity contribution in [2.75, 3.05) is 0 Å². The van der Waals surface area contributed by atoms with E-state index in [4.69, 9.17) is 4.42 Å². The molecule has 0 amide bonds. The van der Waals surface area contributed by atoms with Gasteiger partial charge >= 0.3 is 0 Å². The molecule has 0 aliphatic carbocycles. The van der Waals surface area contributed by atoms with E-state index in [1.165, 1.54) is 0 Å². The van der Waals surface area contributed by atoms with E-state index >= 15 is 0 Å². The van der Waals surface area contributed by atoms with Gasteiger partial charge in [0.05, 0.1) is 12.2 Å². The number of benzene rings is 1. The molecular weight excluding hydrogens is 254 g/mol. The molecule has 0 spiro atoms. The number of nitrogens with zero attached hydrogens (tertiary/aromatic N) is 4. The molecule has 102 valence electrons. The van der Waals surface area contributed by atoms with Crippen LogP contribution in [0.15, 0.2) is 47.0 Å². The van der Waals surface area contributed by atoms with Gasteiger partial charge in [-0.25, -0.2) is 0 Å². The van der Waals surface area contributed by atoms with Gasteiger partial charge in [-0.1, -0.05) is 18.2 Å². The molecule has 0 saturated carbocycles. The monoisotopic (exact) mass is 269 g/mol. The highest BCUT2D eigenvalue weighted by atomic mass is 16.4. The van der Waals surface area contributed by atoms with E-state index in [1.807, 2.05) is 49.6 Å². The van der Waals surface area contributed by atoms with Gasteiger partial charge in [0.15, 0.2) is 0 Å². The van der Waals surface area contributed by atoms with Crippen LogP contribution < -0.4 is 5.32 Å². The predicted molar refractivity (Wildman–Crippen MR) is 73.5 cm³/mol. The molecule has 6 heteroatoms. The summed E-state index contributed by atoms with van der Waals surface area (Å²) in [5.41, 5.74) is 1.91. The van der Waals surface area contributed by atoms with Gasteiger partial charge in [0, 0.05) is 25.4 Å². The van der Waals surface area contributed by atoms with E-state index in [-0.39, 0.29) is 0 Å². The first-order valence-corrected chi connectivity index (χ1v) is 6.38. The Morgan fingerprint density at radius 3 is 2.70 bits per heavy atom. The molecule has 0 unspecified atom stereocenters.